The van der Waals surface area contributed by atoms with Gasteiger partial charge < -0.3 is 0 Å². The first kappa shape index (κ1) is 32.4. The van der Waals surface area contributed by atoms with Crippen LogP contribution in [0.3, 0.4) is 0 Å². The Morgan fingerprint density at radius 2 is 0.862 bits per heavy atom. The molecule has 0 fully saturated rings. The van der Waals surface area contributed by atoms with Crippen LogP contribution in [0.1, 0.15) is 0 Å². The van der Waals surface area contributed by atoms with Gasteiger partial charge in [-0.2, -0.15) is 0 Å². The molecular formula is C53H33N5. The van der Waals surface area contributed by atoms with Gasteiger partial charge in [-0.05, 0) is 52.9 Å². The molecule has 58 heavy (non-hydrogen) atoms. The summed E-state index contributed by atoms with van der Waals surface area (Å²) in [5.41, 5.74) is 13.3. The Labute approximate surface area is 333 Å². The zero-order valence-electron chi connectivity index (χ0n) is 31.3. The van der Waals surface area contributed by atoms with Gasteiger partial charge in [0, 0.05) is 38.2 Å². The number of imidazole rings is 1. The molecule has 12 aromatic rings. The van der Waals surface area contributed by atoms with E-state index < -0.39 is 0 Å². The molecule has 0 aliphatic rings. The second kappa shape index (κ2) is 12.8. The van der Waals surface area contributed by atoms with E-state index in [4.69, 9.17) is 15.0 Å². The van der Waals surface area contributed by atoms with E-state index in [-0.39, 0.29) is 0 Å². The Bertz CT molecular complexity index is 3540. The van der Waals surface area contributed by atoms with Crippen LogP contribution in [0.15, 0.2) is 200 Å². The highest BCUT2D eigenvalue weighted by molar-refractivity contribution is 6.23. The normalized spacial score (nSPS) is 11.8. The first-order chi connectivity index (χ1) is 28.8. The van der Waals surface area contributed by atoms with Crippen LogP contribution in [0.2, 0.25) is 0 Å². The van der Waals surface area contributed by atoms with Crippen molar-refractivity contribution in [2.24, 2.45) is 0 Å². The van der Waals surface area contributed by atoms with Gasteiger partial charge in [0.05, 0.1) is 38.8 Å². The predicted octanol–water partition coefficient (Wildman–Crippen LogP) is 13.3. The minimum Gasteiger partial charge on any atom is -0.292 e. The van der Waals surface area contributed by atoms with Crippen molar-refractivity contribution in [2.75, 3.05) is 0 Å². The highest BCUT2D eigenvalue weighted by Gasteiger charge is 2.24. The number of rotatable bonds is 5. The molecule has 8 aromatic carbocycles. The molecule has 0 spiro atoms. The van der Waals surface area contributed by atoms with Crippen molar-refractivity contribution in [3.8, 4) is 50.8 Å². The molecule has 5 nitrogen and oxygen atoms in total. The highest BCUT2D eigenvalue weighted by Crippen LogP contribution is 2.44. The Kier molecular flexibility index (Phi) is 7.16. The lowest BCUT2D eigenvalue weighted by Gasteiger charge is -2.15. The molecule has 0 saturated heterocycles. The maximum atomic E-state index is 5.48. The van der Waals surface area contributed by atoms with Gasteiger partial charge in [-0.15, -0.1) is 0 Å². The topological polar surface area (TPSA) is 48.0 Å². The predicted molar refractivity (Wildman–Crippen MR) is 239 cm³/mol. The summed E-state index contributed by atoms with van der Waals surface area (Å²) in [6.07, 6.45) is 0. The van der Waals surface area contributed by atoms with E-state index >= 15 is 0 Å². The molecular weight excluding hydrogens is 707 g/mol. The molecule has 0 unspecified atom stereocenters. The van der Waals surface area contributed by atoms with Gasteiger partial charge in [-0.1, -0.05) is 164 Å². The van der Waals surface area contributed by atoms with Gasteiger partial charge in [0.25, 0.3) is 0 Å². The second-order valence-corrected chi connectivity index (χ2v) is 14.8. The monoisotopic (exact) mass is 739 g/mol. The maximum Gasteiger partial charge on any atom is 0.165 e. The minimum atomic E-state index is 0.792. The summed E-state index contributed by atoms with van der Waals surface area (Å²) in [4.78, 5) is 16.3. The largest absolute Gasteiger partial charge is 0.292 e. The first-order valence-electron chi connectivity index (χ1n) is 19.6. The molecule has 4 heterocycles. The third-order valence-corrected chi connectivity index (χ3v) is 11.5. The molecule has 0 bridgehead atoms. The van der Waals surface area contributed by atoms with Gasteiger partial charge in [-0.25, -0.2) is 15.0 Å². The lowest BCUT2D eigenvalue weighted by molar-refractivity contribution is 1.08. The number of benzene rings is 8. The van der Waals surface area contributed by atoms with Crippen LogP contribution < -0.4 is 0 Å². The molecule has 0 radical (unpaired) electrons. The molecule has 0 aliphatic carbocycles. The van der Waals surface area contributed by atoms with Crippen molar-refractivity contribution in [3.63, 3.8) is 0 Å². The number of nitrogens with zero attached hydrogens (tertiary/aromatic N) is 5. The quantitative estimate of drug-likeness (QED) is 0.165. The van der Waals surface area contributed by atoms with Crippen molar-refractivity contribution in [1.82, 2.24) is 23.9 Å². The first-order valence-corrected chi connectivity index (χ1v) is 19.6. The molecule has 5 heteroatoms. The van der Waals surface area contributed by atoms with Crippen molar-refractivity contribution < 1.29 is 0 Å². The zero-order chi connectivity index (χ0) is 38.2. The Hall–Kier alpha value is -7.89. The molecule has 0 amide bonds. The molecule has 0 saturated carbocycles. The van der Waals surface area contributed by atoms with E-state index in [0.717, 1.165) is 111 Å². The van der Waals surface area contributed by atoms with Gasteiger partial charge in [-0.3, -0.25) is 8.97 Å². The summed E-state index contributed by atoms with van der Waals surface area (Å²) in [5.74, 6) is 1.71. The summed E-state index contributed by atoms with van der Waals surface area (Å²) in [5, 5.41) is 5.71. The fourth-order valence-corrected chi connectivity index (χ4v) is 8.83. The maximum absolute atomic E-state index is 5.48. The number of fused-ring (bicyclic) bond motifs is 10. The lowest BCUT2D eigenvalue weighted by Crippen LogP contribution is -2.04. The van der Waals surface area contributed by atoms with E-state index in [1.807, 2.05) is 24.3 Å². The van der Waals surface area contributed by atoms with Crippen LogP contribution in [0.4, 0.5) is 0 Å². The highest BCUT2D eigenvalue weighted by atomic mass is 15.1. The van der Waals surface area contributed by atoms with E-state index in [1.54, 1.807) is 0 Å². The molecule has 0 aliphatic heterocycles. The fraction of sp³-hybridized carbons (Fsp3) is 0. The summed E-state index contributed by atoms with van der Waals surface area (Å²) in [7, 11) is 0. The number of aromatic nitrogens is 5. The molecule has 0 N–H and O–H groups in total. The summed E-state index contributed by atoms with van der Waals surface area (Å²) in [6, 6.07) is 70.7. The van der Waals surface area contributed by atoms with Crippen LogP contribution in [0.25, 0.3) is 111 Å². The minimum absolute atomic E-state index is 0.792. The average Bonchev–Trinajstić information content (AvgIpc) is 3.86. The third kappa shape index (κ3) is 4.93. The van der Waals surface area contributed by atoms with Crippen molar-refractivity contribution >= 4 is 60.0 Å². The number of pyridine rings is 1. The molecule has 12 rings (SSSR count). The van der Waals surface area contributed by atoms with Gasteiger partial charge in [0.15, 0.2) is 5.82 Å². The van der Waals surface area contributed by atoms with Crippen LogP contribution >= 0.6 is 0 Å². The molecule has 0 atom stereocenters. The van der Waals surface area contributed by atoms with Crippen LogP contribution in [-0.2, 0) is 0 Å². The van der Waals surface area contributed by atoms with Gasteiger partial charge in [0.2, 0.25) is 0 Å². The standard InChI is InChI=1S/C53H33N5/c1-5-17-34(18-6-1)38-29-30-40-42-32-43-41(33-48(42)57(47(40)31-38)53-50(36-21-9-3-10-22-36)54-44-26-14-15-27-45(44)55-53)39-25-13-16-28-46(39)58-51(43)49(35-19-7-2-8-20-35)56-52(58)37-23-11-4-12-24-37/h1-33H. The Balaban J connectivity index is 1.28. The van der Waals surface area contributed by atoms with Crippen molar-refractivity contribution in [1.29, 1.82) is 0 Å². The van der Waals surface area contributed by atoms with Crippen molar-refractivity contribution in [3.05, 3.63) is 200 Å². The van der Waals surface area contributed by atoms with Crippen LogP contribution in [0, 0.1) is 0 Å². The van der Waals surface area contributed by atoms with E-state index in [1.165, 1.54) is 0 Å². The third-order valence-electron chi connectivity index (χ3n) is 11.5. The number of hydrogen-bond acceptors (Lipinski definition) is 3. The van der Waals surface area contributed by atoms with Crippen LogP contribution in [-0.4, -0.2) is 23.9 Å². The summed E-state index contributed by atoms with van der Waals surface area (Å²) in [6.45, 7) is 0. The SMILES string of the molecule is c1ccc(-c2ccc3c4cc5c(cc4n(-c4nc6ccccc6nc4-c4ccccc4)c3c2)c2ccccc2n2c(-c3ccccc3)nc(-c3ccccc3)c52)cc1. The fourth-order valence-electron chi connectivity index (χ4n) is 8.83. The number of para-hydroxylation sites is 3. The van der Waals surface area contributed by atoms with E-state index in [2.05, 4.69) is 185 Å². The Morgan fingerprint density at radius 3 is 1.57 bits per heavy atom. The van der Waals surface area contributed by atoms with Gasteiger partial charge >= 0.3 is 0 Å². The van der Waals surface area contributed by atoms with Crippen LogP contribution in [0.5, 0.6) is 0 Å². The lowest BCUT2D eigenvalue weighted by atomic mass is 9.99. The average molecular weight is 740 g/mol. The number of hydrogen-bond donors (Lipinski definition) is 0. The molecule has 270 valence electrons. The van der Waals surface area contributed by atoms with Gasteiger partial charge in [0.1, 0.15) is 11.5 Å². The smallest absolute Gasteiger partial charge is 0.165 e. The molecule has 4 aromatic heterocycles. The van der Waals surface area contributed by atoms with E-state index in [9.17, 15) is 0 Å². The summed E-state index contributed by atoms with van der Waals surface area (Å²) >= 11 is 0. The Morgan fingerprint density at radius 1 is 0.310 bits per heavy atom. The zero-order valence-corrected chi connectivity index (χ0v) is 31.3. The second-order valence-electron chi connectivity index (χ2n) is 14.8. The van der Waals surface area contributed by atoms with Crippen molar-refractivity contribution in [2.45, 2.75) is 0 Å². The summed E-state index contributed by atoms with van der Waals surface area (Å²) < 4.78 is 4.72. The van der Waals surface area contributed by atoms with E-state index in [0.29, 0.717) is 0 Å².